The van der Waals surface area contributed by atoms with E-state index in [0.29, 0.717) is 5.41 Å². The first-order valence-electron chi connectivity index (χ1n) is 27.0. The lowest BCUT2D eigenvalue weighted by atomic mass is 9.76. The van der Waals surface area contributed by atoms with Crippen molar-refractivity contribution in [2.45, 2.75) is 130 Å². The van der Waals surface area contributed by atoms with Crippen LogP contribution in [0.25, 0.3) is 43.8 Å². The highest BCUT2D eigenvalue weighted by molar-refractivity contribution is 6.03. The van der Waals surface area contributed by atoms with Crippen molar-refractivity contribution in [2.24, 2.45) is 5.92 Å². The molecule has 0 aliphatic heterocycles. The van der Waals surface area contributed by atoms with Crippen LogP contribution in [0.4, 0.5) is 0 Å². The van der Waals surface area contributed by atoms with Gasteiger partial charge in [0.1, 0.15) is 0 Å². The van der Waals surface area contributed by atoms with Gasteiger partial charge in [0, 0.05) is 10.8 Å². The molecule has 0 atom stereocenters. The molecule has 2 spiro atoms. The molecule has 0 heteroatoms. The number of benzene rings is 9. The minimum absolute atomic E-state index is 0.237. The van der Waals surface area contributed by atoms with Gasteiger partial charge in [-0.2, -0.15) is 0 Å². The molecule has 71 heavy (non-hydrogen) atoms. The Morgan fingerprint density at radius 2 is 0.789 bits per heavy atom. The largest absolute Gasteiger partial charge is 0.0651 e. The van der Waals surface area contributed by atoms with E-state index >= 15 is 0 Å². The van der Waals surface area contributed by atoms with E-state index in [-0.39, 0.29) is 5.41 Å². The van der Waals surface area contributed by atoms with Gasteiger partial charge in [0.25, 0.3) is 0 Å². The van der Waals surface area contributed by atoms with Gasteiger partial charge in [-0.1, -0.05) is 271 Å². The lowest BCUT2D eigenvalue weighted by Gasteiger charge is -2.27. The van der Waals surface area contributed by atoms with Gasteiger partial charge in [-0.3, -0.25) is 0 Å². The summed E-state index contributed by atoms with van der Waals surface area (Å²) in [6.45, 7) is 15.1. The third-order valence-corrected chi connectivity index (χ3v) is 15.5. The van der Waals surface area contributed by atoms with Crippen molar-refractivity contribution in [1.29, 1.82) is 0 Å². The highest BCUT2D eigenvalue weighted by atomic mass is 14.5. The van der Waals surface area contributed by atoms with Crippen molar-refractivity contribution in [3.63, 3.8) is 0 Å². The topological polar surface area (TPSA) is 0 Å². The lowest BCUT2D eigenvalue weighted by molar-refractivity contribution is 0.549. The van der Waals surface area contributed by atoms with Crippen molar-refractivity contribution in [3.05, 3.63) is 250 Å². The smallest absolute Gasteiger partial charge is 0.0215 e. The first-order chi connectivity index (χ1) is 34.6. The van der Waals surface area contributed by atoms with Crippen molar-refractivity contribution >= 4 is 21.5 Å². The molecule has 9 aromatic carbocycles. The minimum Gasteiger partial charge on any atom is -0.0651 e. The van der Waals surface area contributed by atoms with Crippen LogP contribution in [-0.2, 0) is 23.7 Å². The predicted molar refractivity (Wildman–Crippen MR) is 308 cm³/mol. The summed E-state index contributed by atoms with van der Waals surface area (Å²) in [6, 6.07) is 71.6. The number of fused-ring (bicyclic) bond motifs is 14. The molecule has 0 heterocycles. The average molecular weight is 929 g/mol. The van der Waals surface area contributed by atoms with Crippen LogP contribution < -0.4 is 0 Å². The minimum atomic E-state index is 0.237. The van der Waals surface area contributed by atoms with E-state index in [1.807, 2.05) is 0 Å². The fourth-order valence-electron chi connectivity index (χ4n) is 12.2. The number of rotatable bonds is 4. The second-order valence-corrected chi connectivity index (χ2v) is 21.7. The highest BCUT2D eigenvalue weighted by Crippen LogP contribution is 2.60. The zero-order chi connectivity index (χ0) is 49.4. The third kappa shape index (κ3) is 10.6. The Morgan fingerprint density at radius 3 is 1.27 bits per heavy atom. The molecule has 0 bridgehead atoms. The summed E-state index contributed by atoms with van der Waals surface area (Å²) in [5, 5.41) is 5.56. The summed E-state index contributed by atoms with van der Waals surface area (Å²) in [4.78, 5) is 0. The van der Waals surface area contributed by atoms with Crippen molar-refractivity contribution in [1.82, 2.24) is 0 Å². The molecule has 0 amide bonds. The van der Waals surface area contributed by atoms with Crippen LogP contribution in [0.1, 0.15) is 141 Å². The summed E-state index contributed by atoms with van der Waals surface area (Å²) in [5.41, 5.74) is 21.2. The Bertz CT molecular complexity index is 3150. The van der Waals surface area contributed by atoms with Crippen molar-refractivity contribution in [2.75, 3.05) is 0 Å². The van der Waals surface area contributed by atoms with E-state index < -0.39 is 0 Å². The Morgan fingerprint density at radius 1 is 0.380 bits per heavy atom. The van der Waals surface area contributed by atoms with E-state index in [0.717, 1.165) is 12.3 Å². The van der Waals surface area contributed by atoms with E-state index in [2.05, 4.69) is 243 Å². The Hall–Kier alpha value is -6.50. The maximum atomic E-state index is 2.53. The van der Waals surface area contributed by atoms with Gasteiger partial charge in [0.15, 0.2) is 0 Å². The van der Waals surface area contributed by atoms with Gasteiger partial charge in [-0.15, -0.1) is 0 Å². The fraction of sp³-hybridized carbons (Fsp3) is 0.296. The van der Waals surface area contributed by atoms with Crippen LogP contribution in [0.15, 0.2) is 194 Å². The molecule has 360 valence electrons. The number of aryl methyl sites for hydroxylation is 4. The summed E-state index contributed by atoms with van der Waals surface area (Å²) >= 11 is 0. The van der Waals surface area contributed by atoms with Crippen molar-refractivity contribution in [3.8, 4) is 22.3 Å². The Kier molecular flexibility index (Phi) is 15.5. The van der Waals surface area contributed by atoms with Crippen molar-refractivity contribution < 1.29 is 0 Å². The molecule has 0 N–H and O–H groups in total. The Labute approximate surface area is 427 Å². The van der Waals surface area contributed by atoms with E-state index in [4.69, 9.17) is 0 Å². The normalized spacial score (nSPS) is 14.8. The van der Waals surface area contributed by atoms with E-state index in [1.165, 1.54) is 141 Å². The molecule has 0 saturated heterocycles. The maximum absolute atomic E-state index is 2.53. The molecule has 2 saturated carbocycles. The van der Waals surface area contributed by atoms with Crippen LogP contribution in [-0.4, -0.2) is 0 Å². The second-order valence-electron chi connectivity index (χ2n) is 21.7. The molecule has 9 aromatic rings. The molecule has 13 rings (SSSR count). The standard InChI is InChI=1S/C28H24.C22H20.C9H12.C8H10.C4H10/c1-2-8-20(9-3-1)18-21-12-14-24-26(19-21)28(16-6-7-17-28)25-15-13-22-10-4-5-11-23(22)27(24)25;1-15-8-10-18-20(14-15)22(12-4-5-13-22)19-11-9-16-6-2-3-7-17(16)21(18)19;1-2-6-9-7-4-3-5-8-9;1-7-3-5-8(2)6-4-7;1-4(2)3/h1-5,8-15,19H,6-7,16-18H2;2-3,6-11,14H,4-5,12-13H2,1H3;3-5,7-8H,2,6H2,1H3;3-6H,1-2H3;4H,1-3H3. The highest BCUT2D eigenvalue weighted by Gasteiger charge is 2.46. The van der Waals surface area contributed by atoms with Crippen LogP contribution in [0.3, 0.4) is 0 Å². The van der Waals surface area contributed by atoms with Crippen LogP contribution in [0, 0.1) is 26.7 Å². The molecule has 0 nitrogen and oxygen atoms in total. The van der Waals surface area contributed by atoms with Crippen LogP contribution >= 0.6 is 0 Å². The zero-order valence-corrected chi connectivity index (χ0v) is 43.8. The number of hydrogen-bond acceptors (Lipinski definition) is 0. The van der Waals surface area contributed by atoms with E-state index in [9.17, 15) is 0 Å². The molecule has 0 aromatic heterocycles. The van der Waals surface area contributed by atoms with Crippen LogP contribution in [0.5, 0.6) is 0 Å². The first kappa shape index (κ1) is 49.5. The summed E-state index contributed by atoms with van der Waals surface area (Å²) in [6.07, 6.45) is 14.1. The molecule has 2 fully saturated rings. The zero-order valence-electron chi connectivity index (χ0n) is 43.8. The molecule has 0 unspecified atom stereocenters. The molecule has 0 radical (unpaired) electrons. The monoisotopic (exact) mass is 929 g/mol. The van der Waals surface area contributed by atoms with Gasteiger partial charge in [-0.05, 0) is 148 Å². The molecule has 4 aliphatic rings. The SMILES string of the molecule is CC(C)C.CCCc1ccccc1.Cc1ccc(C)cc1.Cc1ccc2c(c1)C1(CCCC1)c1ccc3ccccc3c1-2.c1ccc(Cc2ccc3c(c2)C2(CCCC2)c2ccc4ccccc4c2-3)cc1. The quantitative estimate of drug-likeness (QED) is 0.165. The summed E-state index contributed by atoms with van der Waals surface area (Å²) < 4.78 is 0. The average Bonchev–Trinajstić information content (AvgIpc) is 4.20. The molecular formula is C71H76. The first-order valence-corrected chi connectivity index (χ1v) is 27.0. The molecule has 4 aliphatic carbocycles. The van der Waals surface area contributed by atoms with Gasteiger partial charge in [-0.25, -0.2) is 0 Å². The summed E-state index contributed by atoms with van der Waals surface area (Å²) in [7, 11) is 0. The lowest BCUT2D eigenvalue weighted by Crippen LogP contribution is -2.20. The van der Waals surface area contributed by atoms with Gasteiger partial charge in [0.05, 0.1) is 0 Å². The second kappa shape index (κ2) is 22.3. The number of hydrogen-bond donors (Lipinski definition) is 0. The summed E-state index contributed by atoms with van der Waals surface area (Å²) in [5.74, 6) is 0.833. The van der Waals surface area contributed by atoms with Gasteiger partial charge < -0.3 is 0 Å². The van der Waals surface area contributed by atoms with Crippen LogP contribution in [0.2, 0.25) is 0 Å². The van der Waals surface area contributed by atoms with E-state index in [1.54, 1.807) is 22.3 Å². The van der Waals surface area contributed by atoms with Gasteiger partial charge in [0.2, 0.25) is 0 Å². The third-order valence-electron chi connectivity index (χ3n) is 15.5. The Balaban J connectivity index is 0.000000128. The fourth-order valence-corrected chi connectivity index (χ4v) is 12.2. The van der Waals surface area contributed by atoms with Gasteiger partial charge >= 0.3 is 0 Å². The predicted octanol–water partition coefficient (Wildman–Crippen LogP) is 19.9. The maximum Gasteiger partial charge on any atom is 0.0215 e. The molecular weight excluding hydrogens is 853 g/mol.